The molecule has 10 heteroatoms. The van der Waals surface area contributed by atoms with Crippen molar-refractivity contribution < 1.29 is 28.7 Å². The van der Waals surface area contributed by atoms with Crippen molar-refractivity contribution in [2.75, 3.05) is 26.2 Å². The Bertz CT molecular complexity index is 736. The topological polar surface area (TPSA) is 105 Å². The predicted octanol–water partition coefficient (Wildman–Crippen LogP) is 0.326. The number of carbonyl (C=O) groups excluding carboxylic acids is 4. The fraction of sp³-hybridized carbons (Fsp3) is 0.474. The molecule has 0 aliphatic carbocycles. The Hall–Kier alpha value is -2.49. The fourth-order valence-corrected chi connectivity index (χ4v) is 3.41. The van der Waals surface area contributed by atoms with Gasteiger partial charge < -0.3 is 14.8 Å². The molecule has 1 aromatic carbocycles. The molecule has 9 nitrogen and oxygen atoms in total. The lowest BCUT2D eigenvalue weighted by molar-refractivity contribution is -0.181. The zero-order valence-corrected chi connectivity index (χ0v) is 16.9. The first-order valence-corrected chi connectivity index (χ1v) is 9.19. The van der Waals surface area contributed by atoms with E-state index in [1.54, 1.807) is 30.3 Å². The van der Waals surface area contributed by atoms with Crippen LogP contribution >= 0.6 is 12.4 Å². The summed E-state index contributed by atoms with van der Waals surface area (Å²) in [6.45, 7) is 2.73. The number of nitrogens with one attached hydrogen (secondary N) is 1. The lowest BCUT2D eigenvalue weighted by Crippen LogP contribution is -2.63. The maximum atomic E-state index is 12.8. The molecule has 1 aromatic rings. The number of benzene rings is 1. The van der Waals surface area contributed by atoms with Crippen molar-refractivity contribution in [2.24, 2.45) is 0 Å². The quantitative estimate of drug-likeness (QED) is 0.408. The summed E-state index contributed by atoms with van der Waals surface area (Å²) >= 11 is 0. The predicted molar refractivity (Wildman–Crippen MR) is 104 cm³/mol. The van der Waals surface area contributed by atoms with Crippen LogP contribution in [0.5, 0.6) is 5.75 Å². The fourth-order valence-electron chi connectivity index (χ4n) is 3.41. The molecule has 158 valence electrons. The van der Waals surface area contributed by atoms with Gasteiger partial charge >= 0.3 is 11.9 Å². The Balaban J connectivity index is 0.00000300. The van der Waals surface area contributed by atoms with E-state index in [0.717, 1.165) is 37.8 Å². The molecular weight excluding hydrogens is 402 g/mol. The van der Waals surface area contributed by atoms with Crippen LogP contribution in [0.1, 0.15) is 19.8 Å². The summed E-state index contributed by atoms with van der Waals surface area (Å²) in [4.78, 5) is 51.7. The lowest BCUT2D eigenvalue weighted by atomic mass is 10.0. The molecule has 29 heavy (non-hydrogen) atoms. The van der Waals surface area contributed by atoms with Crippen LogP contribution in [0.25, 0.3) is 0 Å². The van der Waals surface area contributed by atoms with Crippen LogP contribution in [0.3, 0.4) is 0 Å². The molecule has 2 fully saturated rings. The molecule has 2 aliphatic rings. The number of rotatable bonds is 5. The summed E-state index contributed by atoms with van der Waals surface area (Å²) in [5.41, 5.74) is 0. The molecular formula is C19H24ClN3O6. The van der Waals surface area contributed by atoms with Gasteiger partial charge in [-0.2, -0.15) is 0 Å². The Morgan fingerprint density at radius 1 is 1.07 bits per heavy atom. The van der Waals surface area contributed by atoms with Crippen molar-refractivity contribution in [3.8, 4) is 5.75 Å². The Labute approximate surface area is 174 Å². The van der Waals surface area contributed by atoms with Crippen LogP contribution in [-0.2, 0) is 23.9 Å². The van der Waals surface area contributed by atoms with Gasteiger partial charge in [0.25, 0.3) is 6.23 Å². The minimum absolute atomic E-state index is 0. The van der Waals surface area contributed by atoms with E-state index in [0.29, 0.717) is 0 Å². The number of hydrogen-bond donors (Lipinski definition) is 1. The summed E-state index contributed by atoms with van der Waals surface area (Å²) in [6.07, 6.45) is 0.0368. The van der Waals surface area contributed by atoms with Gasteiger partial charge in [-0.05, 0) is 38.1 Å². The SMILES string of the molecule is CC(=O)OC(=O)C(Oc1ccccc1)N1C(=O)CN(C2CCNCC2)CC1=O.Cl. The molecule has 0 spiro atoms. The maximum absolute atomic E-state index is 12.8. The Kier molecular flexibility index (Phi) is 8.12. The molecule has 0 saturated carbocycles. The van der Waals surface area contributed by atoms with Crippen LogP contribution in [0.4, 0.5) is 0 Å². The van der Waals surface area contributed by atoms with Gasteiger partial charge in [0.1, 0.15) is 5.75 Å². The summed E-state index contributed by atoms with van der Waals surface area (Å²) < 4.78 is 10.2. The standard InChI is InChI=1S/C19H23N3O6.ClH/c1-13(23)27-19(26)18(28-15-5-3-2-4-6-15)22-16(24)11-21(12-17(22)25)14-7-9-20-10-8-14;/h2-6,14,18,20H,7-12H2,1H3;1H. The molecule has 2 saturated heterocycles. The molecule has 3 rings (SSSR count). The summed E-state index contributed by atoms with van der Waals surface area (Å²) in [5.74, 6) is -2.80. The van der Waals surface area contributed by atoms with Crippen LogP contribution in [0, 0.1) is 0 Å². The summed E-state index contributed by atoms with van der Waals surface area (Å²) in [7, 11) is 0. The van der Waals surface area contributed by atoms with Crippen molar-refractivity contribution in [2.45, 2.75) is 32.0 Å². The average Bonchev–Trinajstić information content (AvgIpc) is 2.67. The smallest absolute Gasteiger partial charge is 0.377 e. The van der Waals surface area contributed by atoms with Gasteiger partial charge in [0, 0.05) is 13.0 Å². The monoisotopic (exact) mass is 425 g/mol. The minimum atomic E-state index is -1.65. The minimum Gasteiger partial charge on any atom is -0.458 e. The van der Waals surface area contributed by atoms with E-state index in [1.165, 1.54) is 0 Å². The largest absolute Gasteiger partial charge is 0.458 e. The van der Waals surface area contributed by atoms with Crippen molar-refractivity contribution in [3.63, 3.8) is 0 Å². The van der Waals surface area contributed by atoms with Gasteiger partial charge in [-0.1, -0.05) is 18.2 Å². The zero-order valence-electron chi connectivity index (χ0n) is 16.0. The Morgan fingerprint density at radius 3 is 2.21 bits per heavy atom. The van der Waals surface area contributed by atoms with E-state index in [1.807, 2.05) is 4.90 Å². The average molecular weight is 426 g/mol. The van der Waals surface area contributed by atoms with E-state index >= 15 is 0 Å². The van der Waals surface area contributed by atoms with Gasteiger partial charge in [0.05, 0.1) is 13.1 Å². The Morgan fingerprint density at radius 2 is 1.66 bits per heavy atom. The summed E-state index contributed by atoms with van der Waals surface area (Å²) in [6, 6.07) is 8.41. The van der Waals surface area contributed by atoms with Gasteiger partial charge in [0.15, 0.2) is 0 Å². The van der Waals surface area contributed by atoms with Crippen molar-refractivity contribution >= 4 is 36.2 Å². The van der Waals surface area contributed by atoms with E-state index in [-0.39, 0.29) is 37.3 Å². The third-order valence-electron chi connectivity index (χ3n) is 4.71. The van der Waals surface area contributed by atoms with E-state index in [2.05, 4.69) is 10.1 Å². The van der Waals surface area contributed by atoms with Gasteiger partial charge in [-0.25, -0.2) is 9.69 Å². The van der Waals surface area contributed by atoms with Crippen LogP contribution in [0.15, 0.2) is 30.3 Å². The highest BCUT2D eigenvalue weighted by atomic mass is 35.5. The van der Waals surface area contributed by atoms with Crippen LogP contribution in [-0.4, -0.2) is 72.0 Å². The highest BCUT2D eigenvalue weighted by Crippen LogP contribution is 2.20. The number of hydrogen-bond acceptors (Lipinski definition) is 8. The number of piperazine rings is 1. The van der Waals surface area contributed by atoms with Gasteiger partial charge in [-0.15, -0.1) is 12.4 Å². The number of nitrogens with zero attached hydrogens (tertiary/aromatic N) is 2. The molecule has 0 aromatic heterocycles. The molecule has 2 amide bonds. The second kappa shape index (κ2) is 10.3. The number of para-hydroxylation sites is 1. The number of imide groups is 1. The number of carbonyl (C=O) groups is 4. The van der Waals surface area contributed by atoms with E-state index in [9.17, 15) is 19.2 Å². The first-order valence-electron chi connectivity index (χ1n) is 9.19. The number of esters is 2. The third-order valence-corrected chi connectivity index (χ3v) is 4.71. The third kappa shape index (κ3) is 5.75. The van der Waals surface area contributed by atoms with Crippen molar-refractivity contribution in [3.05, 3.63) is 30.3 Å². The second-order valence-electron chi connectivity index (χ2n) is 6.74. The second-order valence-corrected chi connectivity index (χ2v) is 6.74. The first kappa shape index (κ1) is 22.8. The van der Waals surface area contributed by atoms with Crippen molar-refractivity contribution in [1.82, 2.24) is 15.1 Å². The van der Waals surface area contributed by atoms with Gasteiger partial charge in [-0.3, -0.25) is 19.3 Å². The molecule has 0 bridgehead atoms. The molecule has 1 atom stereocenters. The number of ether oxygens (including phenoxy) is 2. The van der Waals surface area contributed by atoms with E-state index < -0.39 is 30.0 Å². The molecule has 0 radical (unpaired) electrons. The molecule has 2 heterocycles. The zero-order chi connectivity index (χ0) is 20.1. The first-order chi connectivity index (χ1) is 13.5. The molecule has 1 N–H and O–H groups in total. The molecule has 2 aliphatic heterocycles. The normalized spacial score (nSPS) is 19.3. The molecule has 1 unspecified atom stereocenters. The number of piperidine rings is 1. The van der Waals surface area contributed by atoms with Crippen LogP contribution in [0.2, 0.25) is 0 Å². The number of halogens is 1. The highest BCUT2D eigenvalue weighted by Gasteiger charge is 2.43. The van der Waals surface area contributed by atoms with Crippen molar-refractivity contribution in [1.29, 1.82) is 0 Å². The lowest BCUT2D eigenvalue weighted by Gasteiger charge is -2.40. The maximum Gasteiger partial charge on any atom is 0.377 e. The number of amides is 2. The van der Waals surface area contributed by atoms with Gasteiger partial charge in [0.2, 0.25) is 11.8 Å². The highest BCUT2D eigenvalue weighted by molar-refractivity contribution is 6.03. The summed E-state index contributed by atoms with van der Waals surface area (Å²) in [5, 5.41) is 3.24. The van der Waals surface area contributed by atoms with Crippen LogP contribution < -0.4 is 10.1 Å². The van der Waals surface area contributed by atoms with E-state index in [4.69, 9.17) is 4.74 Å².